The fourth-order valence-corrected chi connectivity index (χ4v) is 6.79. The molecule has 1 amide bonds. The van der Waals surface area contributed by atoms with Gasteiger partial charge in [0.2, 0.25) is 11.2 Å². The molecule has 4 aliphatic carbocycles. The normalized spacial score (nSPS) is 30.9. The van der Waals surface area contributed by atoms with Crippen LogP contribution in [0.3, 0.4) is 0 Å². The molecule has 0 radical (unpaired) electrons. The molecule has 11 heteroatoms. The number of aryl methyl sites for hydroxylation is 1. The maximum absolute atomic E-state index is 13.4. The Morgan fingerprint density at radius 2 is 2.03 bits per heavy atom. The second-order valence-electron chi connectivity index (χ2n) is 9.42. The molecule has 2 unspecified atom stereocenters. The number of amides is 1. The standard InChI is InChI=1S/C20H27ClN8OS/c1-3-28-12(2)15(9-23-28)24-18(31)26-25-16(30)19-5-13-4-14(6-19)8-20(7-13,10-19)29-11-22-17(21)27-29/h9,11,13-14H,3-8,10H2,1-2H3,(H,25,30)(H2,24,26,31). The van der Waals surface area contributed by atoms with Gasteiger partial charge in [-0.25, -0.2) is 9.67 Å². The van der Waals surface area contributed by atoms with Crippen LogP contribution in [0.5, 0.6) is 0 Å². The Bertz CT molecular complexity index is 1020. The van der Waals surface area contributed by atoms with Crippen LogP contribution in [0.4, 0.5) is 5.69 Å². The maximum Gasteiger partial charge on any atom is 0.244 e. The number of thiocarbonyl (C=S) groups is 1. The van der Waals surface area contributed by atoms with Crippen LogP contribution in [-0.4, -0.2) is 35.6 Å². The first-order valence-corrected chi connectivity index (χ1v) is 11.6. The van der Waals surface area contributed by atoms with Crippen molar-refractivity contribution >= 4 is 40.5 Å². The van der Waals surface area contributed by atoms with E-state index in [1.807, 2.05) is 23.2 Å². The summed E-state index contributed by atoms with van der Waals surface area (Å²) in [6, 6.07) is 0. The number of hydrazine groups is 1. The molecule has 6 rings (SSSR count). The molecule has 0 spiro atoms. The lowest BCUT2D eigenvalue weighted by atomic mass is 9.46. The van der Waals surface area contributed by atoms with E-state index in [2.05, 4.69) is 31.3 Å². The Kier molecular flexibility index (Phi) is 4.97. The topological polar surface area (TPSA) is 102 Å². The Labute approximate surface area is 191 Å². The van der Waals surface area contributed by atoms with Crippen LogP contribution in [-0.2, 0) is 16.9 Å². The van der Waals surface area contributed by atoms with Crippen LogP contribution in [0.15, 0.2) is 12.5 Å². The molecule has 0 aromatic carbocycles. The van der Waals surface area contributed by atoms with Crippen molar-refractivity contribution < 1.29 is 4.79 Å². The summed E-state index contributed by atoms with van der Waals surface area (Å²) < 4.78 is 3.80. The fourth-order valence-electron chi connectivity index (χ4n) is 6.51. The number of nitrogens with one attached hydrogen (secondary N) is 3. The minimum absolute atomic E-state index is 0.00214. The van der Waals surface area contributed by atoms with Crippen molar-refractivity contribution in [3.8, 4) is 0 Å². The van der Waals surface area contributed by atoms with Crippen molar-refractivity contribution in [2.45, 2.75) is 64.5 Å². The van der Waals surface area contributed by atoms with Gasteiger partial charge < -0.3 is 5.32 Å². The van der Waals surface area contributed by atoms with E-state index in [1.54, 1.807) is 12.5 Å². The van der Waals surface area contributed by atoms with Gasteiger partial charge in [-0.1, -0.05) is 0 Å². The van der Waals surface area contributed by atoms with Crippen LogP contribution < -0.4 is 16.2 Å². The molecule has 2 heterocycles. The van der Waals surface area contributed by atoms with Gasteiger partial charge in [0.15, 0.2) is 5.11 Å². The second kappa shape index (κ2) is 7.44. The number of rotatable bonds is 4. The molecule has 4 saturated carbocycles. The van der Waals surface area contributed by atoms with Gasteiger partial charge in [-0.2, -0.15) is 5.10 Å². The SMILES string of the molecule is CCn1ncc(NC(=S)NNC(=O)C23CC4CC(C2)CC(n2cnc(Cl)n2)(C4)C3)c1C. The van der Waals surface area contributed by atoms with Gasteiger partial charge in [0.05, 0.1) is 28.5 Å². The quantitative estimate of drug-likeness (QED) is 0.474. The highest BCUT2D eigenvalue weighted by Crippen LogP contribution is 2.64. The number of hydrogen-bond acceptors (Lipinski definition) is 5. The van der Waals surface area contributed by atoms with Crippen molar-refractivity contribution in [1.29, 1.82) is 0 Å². The Balaban J connectivity index is 1.28. The summed E-state index contributed by atoms with van der Waals surface area (Å²) in [5.74, 6) is 1.03. The second-order valence-corrected chi connectivity index (χ2v) is 10.2. The monoisotopic (exact) mass is 462 g/mol. The zero-order valence-corrected chi connectivity index (χ0v) is 19.3. The number of anilines is 1. The van der Waals surface area contributed by atoms with Crippen LogP contribution in [0.2, 0.25) is 5.28 Å². The van der Waals surface area contributed by atoms with Gasteiger partial charge in [-0.3, -0.25) is 20.3 Å². The summed E-state index contributed by atoms with van der Waals surface area (Å²) >= 11 is 11.4. The number of nitrogens with zero attached hydrogens (tertiary/aromatic N) is 5. The average Bonchev–Trinajstić information content (AvgIpc) is 3.31. The van der Waals surface area contributed by atoms with Gasteiger partial charge in [-0.05, 0) is 88.0 Å². The van der Waals surface area contributed by atoms with E-state index in [4.69, 9.17) is 23.8 Å². The summed E-state index contributed by atoms with van der Waals surface area (Å²) in [7, 11) is 0. The van der Waals surface area contributed by atoms with Crippen molar-refractivity contribution in [3.05, 3.63) is 23.5 Å². The lowest BCUT2D eigenvalue weighted by Gasteiger charge is -2.60. The molecule has 2 aromatic heterocycles. The van der Waals surface area contributed by atoms with E-state index in [0.29, 0.717) is 16.9 Å². The molecular formula is C20H27ClN8OS. The Hall–Kier alpha value is -2.20. The molecule has 2 atom stereocenters. The van der Waals surface area contributed by atoms with Crippen molar-refractivity contribution in [3.63, 3.8) is 0 Å². The van der Waals surface area contributed by atoms with Crippen LogP contribution >= 0.6 is 23.8 Å². The summed E-state index contributed by atoms with van der Waals surface area (Å²) in [5.41, 5.74) is 7.00. The zero-order chi connectivity index (χ0) is 21.8. The summed E-state index contributed by atoms with van der Waals surface area (Å²) in [4.78, 5) is 17.5. The first kappa shape index (κ1) is 20.7. The summed E-state index contributed by atoms with van der Waals surface area (Å²) in [6.45, 7) is 4.80. The first-order valence-electron chi connectivity index (χ1n) is 10.8. The Morgan fingerprint density at radius 3 is 2.65 bits per heavy atom. The minimum atomic E-state index is -0.422. The minimum Gasteiger partial charge on any atom is -0.329 e. The molecule has 0 saturated heterocycles. The number of halogens is 1. The van der Waals surface area contributed by atoms with Gasteiger partial charge in [0, 0.05) is 6.54 Å². The van der Waals surface area contributed by atoms with Gasteiger partial charge in [0.25, 0.3) is 0 Å². The molecule has 4 fully saturated rings. The van der Waals surface area contributed by atoms with E-state index in [1.165, 1.54) is 6.42 Å². The smallest absolute Gasteiger partial charge is 0.244 e. The number of hydrogen-bond donors (Lipinski definition) is 3. The van der Waals surface area contributed by atoms with Crippen molar-refractivity contribution in [2.24, 2.45) is 17.3 Å². The third-order valence-corrected chi connectivity index (χ3v) is 7.78. The third-order valence-electron chi connectivity index (χ3n) is 7.40. The Morgan fingerprint density at radius 1 is 1.29 bits per heavy atom. The van der Waals surface area contributed by atoms with E-state index >= 15 is 0 Å². The van der Waals surface area contributed by atoms with Gasteiger partial charge in [0.1, 0.15) is 6.33 Å². The van der Waals surface area contributed by atoms with E-state index in [9.17, 15) is 4.79 Å². The highest BCUT2D eigenvalue weighted by molar-refractivity contribution is 7.80. The van der Waals surface area contributed by atoms with Gasteiger partial charge >= 0.3 is 0 Å². The van der Waals surface area contributed by atoms with Crippen molar-refractivity contribution in [2.75, 3.05) is 5.32 Å². The van der Waals surface area contributed by atoms with Crippen LogP contribution in [0, 0.1) is 24.2 Å². The van der Waals surface area contributed by atoms with E-state index < -0.39 is 5.41 Å². The first-order chi connectivity index (χ1) is 14.8. The third kappa shape index (κ3) is 3.49. The zero-order valence-electron chi connectivity index (χ0n) is 17.7. The number of carbonyl (C=O) groups excluding carboxylic acids is 1. The molecule has 4 aliphatic rings. The largest absolute Gasteiger partial charge is 0.329 e. The molecule has 9 nitrogen and oxygen atoms in total. The highest BCUT2D eigenvalue weighted by Gasteiger charge is 2.61. The lowest BCUT2D eigenvalue weighted by molar-refractivity contribution is -0.156. The number of aromatic nitrogens is 5. The predicted molar refractivity (Wildman–Crippen MR) is 120 cm³/mol. The molecular weight excluding hydrogens is 436 g/mol. The fraction of sp³-hybridized carbons (Fsp3) is 0.650. The van der Waals surface area contributed by atoms with Gasteiger partial charge in [-0.15, -0.1) is 5.10 Å². The average molecular weight is 463 g/mol. The van der Waals surface area contributed by atoms with Crippen LogP contribution in [0.1, 0.15) is 51.1 Å². The highest BCUT2D eigenvalue weighted by atomic mass is 35.5. The number of carbonyl (C=O) groups is 1. The van der Waals surface area contributed by atoms with E-state index in [0.717, 1.165) is 50.0 Å². The van der Waals surface area contributed by atoms with Crippen LogP contribution in [0.25, 0.3) is 0 Å². The molecule has 166 valence electrons. The van der Waals surface area contributed by atoms with Crippen molar-refractivity contribution in [1.82, 2.24) is 35.4 Å². The maximum atomic E-state index is 13.4. The summed E-state index contributed by atoms with van der Waals surface area (Å²) in [5, 5.41) is 12.4. The summed E-state index contributed by atoms with van der Waals surface area (Å²) in [6.07, 6.45) is 9.28. The molecule has 0 aliphatic heterocycles. The van der Waals surface area contributed by atoms with E-state index in [-0.39, 0.29) is 16.7 Å². The molecule has 31 heavy (non-hydrogen) atoms. The molecule has 4 bridgehead atoms. The predicted octanol–water partition coefficient (Wildman–Crippen LogP) is 2.77. The lowest BCUT2D eigenvalue weighted by Crippen LogP contribution is -2.62. The molecule has 3 N–H and O–H groups in total. The molecule has 2 aromatic rings.